The Morgan fingerprint density at radius 2 is 1.95 bits per heavy atom. The summed E-state index contributed by atoms with van der Waals surface area (Å²) in [5, 5.41) is 13.7. The molecule has 5 nitrogen and oxygen atoms in total. The first-order chi connectivity index (χ1) is 9.19. The summed E-state index contributed by atoms with van der Waals surface area (Å²) in [6, 6.07) is 6.59. The number of hydrogen-bond donors (Lipinski definition) is 1. The Hall–Kier alpha value is -2.04. The van der Waals surface area contributed by atoms with Crippen LogP contribution in [0.5, 0.6) is 0 Å². The zero-order valence-electron chi connectivity index (χ0n) is 12.5. The highest BCUT2D eigenvalue weighted by Crippen LogP contribution is 2.19. The molecule has 1 aromatic rings. The summed E-state index contributed by atoms with van der Waals surface area (Å²) in [6.07, 6.45) is 0. The topological polar surface area (TPSA) is 64.4 Å². The van der Waals surface area contributed by atoms with E-state index in [0.717, 1.165) is 5.56 Å². The van der Waals surface area contributed by atoms with E-state index in [0.29, 0.717) is 12.4 Å². The molecular formula is C15H22N2O3. The summed E-state index contributed by atoms with van der Waals surface area (Å²) in [6.45, 7) is 12.4. The molecule has 0 aliphatic heterocycles. The Balaban J connectivity index is 2.52. The van der Waals surface area contributed by atoms with Crippen molar-refractivity contribution in [1.29, 1.82) is 0 Å². The van der Waals surface area contributed by atoms with Crippen molar-refractivity contribution < 1.29 is 9.66 Å². The summed E-state index contributed by atoms with van der Waals surface area (Å²) in [5.41, 5.74) is 0.863. The van der Waals surface area contributed by atoms with Gasteiger partial charge >= 0.3 is 0 Å². The number of rotatable bonds is 6. The van der Waals surface area contributed by atoms with Crippen LogP contribution in [0.1, 0.15) is 39.2 Å². The molecule has 0 saturated heterocycles. The predicted octanol–water partition coefficient (Wildman–Crippen LogP) is 3.57. The van der Waals surface area contributed by atoms with Crippen molar-refractivity contribution in [1.82, 2.24) is 5.32 Å². The maximum Gasteiger partial charge on any atom is 0.269 e. The molecule has 20 heavy (non-hydrogen) atoms. The minimum Gasteiger partial charge on any atom is -0.474 e. The lowest BCUT2D eigenvalue weighted by Gasteiger charge is -2.24. The van der Waals surface area contributed by atoms with Crippen molar-refractivity contribution in [3.63, 3.8) is 0 Å². The molecule has 0 fully saturated rings. The van der Waals surface area contributed by atoms with Gasteiger partial charge in [0, 0.05) is 18.7 Å². The van der Waals surface area contributed by atoms with Crippen molar-refractivity contribution in [2.75, 3.05) is 6.54 Å². The van der Waals surface area contributed by atoms with Crippen molar-refractivity contribution >= 4 is 5.69 Å². The average molecular weight is 278 g/mol. The molecule has 0 spiro atoms. The van der Waals surface area contributed by atoms with Gasteiger partial charge in [0.05, 0.1) is 4.92 Å². The molecule has 0 bridgehead atoms. The first-order valence-electron chi connectivity index (χ1n) is 6.55. The highest BCUT2D eigenvalue weighted by molar-refractivity contribution is 5.34. The first-order valence-corrected chi connectivity index (χ1v) is 6.55. The molecule has 0 saturated carbocycles. The van der Waals surface area contributed by atoms with Gasteiger partial charge in [-0.2, -0.15) is 0 Å². The van der Waals surface area contributed by atoms with E-state index in [1.54, 1.807) is 12.1 Å². The lowest BCUT2D eigenvalue weighted by molar-refractivity contribution is -0.384. The zero-order chi connectivity index (χ0) is 15.3. The normalized spacial score (nSPS) is 12.6. The second-order valence-electron chi connectivity index (χ2n) is 5.77. The van der Waals surface area contributed by atoms with E-state index < -0.39 is 4.92 Å². The van der Waals surface area contributed by atoms with Crippen LogP contribution in [0.4, 0.5) is 5.69 Å². The molecule has 0 heterocycles. The first kappa shape index (κ1) is 16.0. The van der Waals surface area contributed by atoms with Gasteiger partial charge in [-0.3, -0.25) is 10.1 Å². The van der Waals surface area contributed by atoms with Crippen LogP contribution in [-0.4, -0.2) is 17.1 Å². The standard InChI is InChI=1S/C15H22N2O3/c1-11(10-16-12(2)20-15(3,4)5)13-6-8-14(9-7-13)17(18)19/h6-9,11,16H,2,10H2,1,3-5H3/t11-/m1/s1. The van der Waals surface area contributed by atoms with Crippen LogP contribution < -0.4 is 5.32 Å². The third kappa shape index (κ3) is 5.30. The van der Waals surface area contributed by atoms with E-state index in [1.807, 2.05) is 27.7 Å². The molecule has 0 aromatic heterocycles. The minimum atomic E-state index is -0.397. The monoisotopic (exact) mass is 278 g/mol. The van der Waals surface area contributed by atoms with Crippen LogP contribution >= 0.6 is 0 Å². The molecule has 0 amide bonds. The zero-order valence-corrected chi connectivity index (χ0v) is 12.5. The van der Waals surface area contributed by atoms with E-state index in [9.17, 15) is 10.1 Å². The number of non-ortho nitro benzene ring substituents is 1. The SMILES string of the molecule is C=C(NC[C@@H](C)c1ccc([N+](=O)[O-])cc1)OC(C)(C)C. The molecule has 5 heteroatoms. The fourth-order valence-electron chi connectivity index (χ4n) is 1.72. The van der Waals surface area contributed by atoms with E-state index in [4.69, 9.17) is 4.74 Å². The summed E-state index contributed by atoms with van der Waals surface area (Å²) < 4.78 is 5.58. The Morgan fingerprint density at radius 3 is 2.40 bits per heavy atom. The van der Waals surface area contributed by atoms with Crippen LogP contribution in [0.3, 0.4) is 0 Å². The van der Waals surface area contributed by atoms with Gasteiger partial charge in [0.15, 0.2) is 5.88 Å². The second kappa shape index (κ2) is 6.41. The maximum absolute atomic E-state index is 10.6. The third-order valence-corrected chi connectivity index (χ3v) is 2.71. The largest absolute Gasteiger partial charge is 0.474 e. The molecule has 0 unspecified atom stereocenters. The fraction of sp³-hybridized carbons (Fsp3) is 0.467. The Kier molecular flexibility index (Phi) is 5.13. The highest BCUT2D eigenvalue weighted by atomic mass is 16.6. The summed E-state index contributed by atoms with van der Waals surface area (Å²) >= 11 is 0. The second-order valence-corrected chi connectivity index (χ2v) is 5.77. The summed E-state index contributed by atoms with van der Waals surface area (Å²) in [5.74, 6) is 0.738. The molecule has 0 aliphatic carbocycles. The van der Waals surface area contributed by atoms with Crippen LogP contribution in [0.25, 0.3) is 0 Å². The molecular weight excluding hydrogens is 256 g/mol. The third-order valence-electron chi connectivity index (χ3n) is 2.71. The van der Waals surface area contributed by atoms with Crippen molar-refractivity contribution in [3.05, 3.63) is 52.4 Å². The number of nitro benzene ring substituents is 1. The summed E-state index contributed by atoms with van der Waals surface area (Å²) in [4.78, 5) is 10.2. The smallest absolute Gasteiger partial charge is 0.269 e. The number of nitrogens with one attached hydrogen (secondary N) is 1. The van der Waals surface area contributed by atoms with E-state index in [1.165, 1.54) is 12.1 Å². The van der Waals surface area contributed by atoms with E-state index in [-0.39, 0.29) is 17.2 Å². The molecule has 1 N–H and O–H groups in total. The predicted molar refractivity (Wildman–Crippen MR) is 79.5 cm³/mol. The Bertz CT molecular complexity index is 475. The fourth-order valence-corrected chi connectivity index (χ4v) is 1.72. The van der Waals surface area contributed by atoms with Gasteiger partial charge in [-0.15, -0.1) is 0 Å². The Labute approximate surface area is 119 Å². The van der Waals surface area contributed by atoms with E-state index >= 15 is 0 Å². The minimum absolute atomic E-state index is 0.106. The van der Waals surface area contributed by atoms with Gasteiger partial charge in [0.2, 0.25) is 0 Å². The number of ether oxygens (including phenoxy) is 1. The van der Waals surface area contributed by atoms with Crippen LogP contribution in [-0.2, 0) is 4.74 Å². The summed E-state index contributed by atoms with van der Waals surface area (Å²) in [7, 11) is 0. The van der Waals surface area contributed by atoms with Gasteiger partial charge in [-0.25, -0.2) is 0 Å². The van der Waals surface area contributed by atoms with E-state index in [2.05, 4.69) is 11.9 Å². The Morgan fingerprint density at radius 1 is 1.40 bits per heavy atom. The van der Waals surface area contributed by atoms with Gasteiger partial charge in [0.1, 0.15) is 5.60 Å². The average Bonchev–Trinajstić information content (AvgIpc) is 2.34. The lowest BCUT2D eigenvalue weighted by Crippen LogP contribution is -2.27. The van der Waals surface area contributed by atoms with Crippen LogP contribution in [0.2, 0.25) is 0 Å². The number of benzene rings is 1. The number of nitrogens with zero attached hydrogens (tertiary/aromatic N) is 1. The van der Waals surface area contributed by atoms with Crippen LogP contribution in [0, 0.1) is 10.1 Å². The molecule has 1 atom stereocenters. The number of nitro groups is 1. The van der Waals surface area contributed by atoms with Crippen molar-refractivity contribution in [3.8, 4) is 0 Å². The molecule has 0 aliphatic rings. The molecule has 0 radical (unpaired) electrons. The van der Waals surface area contributed by atoms with Crippen molar-refractivity contribution in [2.45, 2.75) is 39.2 Å². The van der Waals surface area contributed by atoms with Gasteiger partial charge < -0.3 is 10.1 Å². The van der Waals surface area contributed by atoms with Gasteiger partial charge in [-0.1, -0.05) is 19.1 Å². The van der Waals surface area contributed by atoms with Crippen LogP contribution in [0.15, 0.2) is 36.7 Å². The molecule has 110 valence electrons. The van der Waals surface area contributed by atoms with Crippen molar-refractivity contribution in [2.24, 2.45) is 0 Å². The lowest BCUT2D eigenvalue weighted by atomic mass is 10.0. The van der Waals surface area contributed by atoms with Gasteiger partial charge in [-0.05, 0) is 38.8 Å². The molecule has 1 rings (SSSR count). The number of hydrogen-bond acceptors (Lipinski definition) is 4. The maximum atomic E-state index is 10.6. The molecule has 1 aromatic carbocycles. The quantitative estimate of drug-likeness (QED) is 0.491. The van der Waals surface area contributed by atoms with Gasteiger partial charge in [0.25, 0.3) is 5.69 Å². The highest BCUT2D eigenvalue weighted by Gasteiger charge is 2.13.